The van der Waals surface area contributed by atoms with Crippen LogP contribution in [0.1, 0.15) is 12.7 Å². The molecule has 0 aromatic carbocycles. The van der Waals surface area contributed by atoms with Crippen LogP contribution >= 0.6 is 11.6 Å². The van der Waals surface area contributed by atoms with Crippen LogP contribution in [-0.4, -0.2) is 27.5 Å². The van der Waals surface area contributed by atoms with E-state index < -0.39 is 5.56 Å². The Morgan fingerprint density at radius 3 is 3.05 bits per heavy atom. The van der Waals surface area contributed by atoms with E-state index in [2.05, 4.69) is 10.4 Å². The fourth-order valence-corrected chi connectivity index (χ4v) is 2.07. The number of anilines is 1. The van der Waals surface area contributed by atoms with Crippen molar-refractivity contribution < 1.29 is 9.52 Å². The van der Waals surface area contributed by atoms with Crippen molar-refractivity contribution in [2.75, 3.05) is 11.9 Å². The Balaban J connectivity index is 2.09. The molecule has 0 saturated heterocycles. The predicted octanol–water partition coefficient (Wildman–Crippen LogP) is 1.53. The lowest BCUT2D eigenvalue weighted by atomic mass is 10.2. The van der Waals surface area contributed by atoms with Crippen LogP contribution < -0.4 is 10.9 Å². The van der Waals surface area contributed by atoms with Crippen molar-refractivity contribution in [1.82, 2.24) is 9.78 Å². The van der Waals surface area contributed by atoms with Gasteiger partial charge in [-0.2, -0.15) is 5.10 Å². The van der Waals surface area contributed by atoms with Crippen LogP contribution in [0.25, 0.3) is 0 Å². The van der Waals surface area contributed by atoms with Gasteiger partial charge in [0.2, 0.25) is 0 Å². The number of aliphatic hydroxyl groups is 1. The Bertz CT molecular complexity index is 610. The quantitative estimate of drug-likeness (QED) is 0.845. The van der Waals surface area contributed by atoms with Gasteiger partial charge in [-0.3, -0.25) is 4.79 Å². The van der Waals surface area contributed by atoms with Crippen LogP contribution in [0.5, 0.6) is 0 Å². The zero-order valence-corrected chi connectivity index (χ0v) is 11.8. The molecule has 1 unspecified atom stereocenters. The smallest absolute Gasteiger partial charge is 0.287 e. The molecule has 2 aromatic rings. The topological polar surface area (TPSA) is 80.3 Å². The minimum atomic E-state index is -0.420. The minimum absolute atomic E-state index is 0.0357. The molecule has 2 N–H and O–H groups in total. The lowest BCUT2D eigenvalue weighted by molar-refractivity contribution is 0.266. The number of halogens is 1. The molecule has 0 amide bonds. The van der Waals surface area contributed by atoms with E-state index in [0.29, 0.717) is 12.1 Å². The third-order valence-electron chi connectivity index (χ3n) is 2.79. The van der Waals surface area contributed by atoms with E-state index in [9.17, 15) is 4.79 Å². The van der Waals surface area contributed by atoms with Gasteiger partial charge in [0.25, 0.3) is 5.56 Å². The van der Waals surface area contributed by atoms with E-state index in [1.54, 1.807) is 6.26 Å². The standard InChI is InChI=1S/C13H16ClN3O3/c1-9(7-10-3-2-6-20-10)16-11-8-15-17(4-5-18)13(19)12(11)14/h2-3,6,8-9,16,18H,4-5,7H2,1H3. The maximum Gasteiger partial charge on any atom is 0.287 e. The first kappa shape index (κ1) is 14.6. The highest BCUT2D eigenvalue weighted by Crippen LogP contribution is 2.17. The van der Waals surface area contributed by atoms with E-state index in [0.717, 1.165) is 10.4 Å². The van der Waals surface area contributed by atoms with Gasteiger partial charge in [0.1, 0.15) is 10.8 Å². The molecule has 108 valence electrons. The SMILES string of the molecule is CC(Cc1ccco1)Nc1cnn(CCO)c(=O)c1Cl. The highest BCUT2D eigenvalue weighted by atomic mass is 35.5. The van der Waals surface area contributed by atoms with Crippen molar-refractivity contribution in [3.05, 3.63) is 45.7 Å². The summed E-state index contributed by atoms with van der Waals surface area (Å²) in [6.45, 7) is 1.92. The second-order valence-electron chi connectivity index (χ2n) is 4.45. The van der Waals surface area contributed by atoms with Crippen molar-refractivity contribution in [3.63, 3.8) is 0 Å². The van der Waals surface area contributed by atoms with Crippen molar-refractivity contribution in [2.45, 2.75) is 25.9 Å². The summed E-state index contributed by atoms with van der Waals surface area (Å²) in [6.07, 6.45) is 3.77. The van der Waals surface area contributed by atoms with E-state index in [1.807, 2.05) is 19.1 Å². The molecule has 0 bridgehead atoms. The number of aliphatic hydroxyl groups excluding tert-OH is 1. The summed E-state index contributed by atoms with van der Waals surface area (Å²) in [6, 6.07) is 3.75. The summed E-state index contributed by atoms with van der Waals surface area (Å²) in [7, 11) is 0. The van der Waals surface area contributed by atoms with E-state index in [1.165, 1.54) is 6.20 Å². The molecule has 0 spiro atoms. The molecule has 0 radical (unpaired) electrons. The third kappa shape index (κ3) is 3.40. The molecule has 2 aromatic heterocycles. The summed E-state index contributed by atoms with van der Waals surface area (Å²) in [4.78, 5) is 11.9. The van der Waals surface area contributed by atoms with Crippen molar-refractivity contribution in [1.29, 1.82) is 0 Å². The first-order valence-electron chi connectivity index (χ1n) is 6.27. The van der Waals surface area contributed by atoms with Crippen molar-refractivity contribution in [3.8, 4) is 0 Å². The molecule has 20 heavy (non-hydrogen) atoms. The van der Waals surface area contributed by atoms with E-state index in [4.69, 9.17) is 21.1 Å². The zero-order valence-electron chi connectivity index (χ0n) is 11.0. The monoisotopic (exact) mass is 297 g/mol. The van der Waals surface area contributed by atoms with Gasteiger partial charge in [0.05, 0.1) is 31.3 Å². The van der Waals surface area contributed by atoms with Gasteiger partial charge >= 0.3 is 0 Å². The summed E-state index contributed by atoms with van der Waals surface area (Å²) in [5.41, 5.74) is 0.0563. The van der Waals surface area contributed by atoms with E-state index in [-0.39, 0.29) is 24.2 Å². The lowest BCUT2D eigenvalue weighted by Crippen LogP contribution is -2.27. The normalized spacial score (nSPS) is 12.3. The molecular formula is C13H16ClN3O3. The highest BCUT2D eigenvalue weighted by Gasteiger charge is 2.12. The molecule has 7 heteroatoms. The Morgan fingerprint density at radius 2 is 2.40 bits per heavy atom. The van der Waals surface area contributed by atoms with E-state index >= 15 is 0 Å². The Morgan fingerprint density at radius 1 is 1.60 bits per heavy atom. The fraction of sp³-hybridized carbons (Fsp3) is 0.385. The van der Waals surface area contributed by atoms with Gasteiger partial charge in [-0.1, -0.05) is 11.6 Å². The Labute approximate surface area is 121 Å². The second kappa shape index (κ2) is 6.58. The van der Waals surface area contributed by atoms with Gasteiger partial charge in [0.15, 0.2) is 0 Å². The molecule has 0 fully saturated rings. The Kier molecular flexibility index (Phi) is 4.81. The van der Waals surface area contributed by atoms with Crippen LogP contribution in [0.2, 0.25) is 5.02 Å². The molecular weight excluding hydrogens is 282 g/mol. The summed E-state index contributed by atoms with van der Waals surface area (Å²) >= 11 is 6.02. The minimum Gasteiger partial charge on any atom is -0.469 e. The van der Waals surface area contributed by atoms with Crippen molar-refractivity contribution >= 4 is 17.3 Å². The summed E-state index contributed by atoms with van der Waals surface area (Å²) in [5, 5.41) is 16.0. The molecule has 0 aliphatic rings. The number of hydrogen-bond acceptors (Lipinski definition) is 5. The average molecular weight is 298 g/mol. The average Bonchev–Trinajstić information content (AvgIpc) is 2.91. The van der Waals surface area contributed by atoms with Crippen LogP contribution in [0.15, 0.2) is 33.8 Å². The maximum atomic E-state index is 11.9. The van der Waals surface area contributed by atoms with Crippen molar-refractivity contribution in [2.24, 2.45) is 0 Å². The number of aromatic nitrogens is 2. The number of nitrogens with one attached hydrogen (secondary N) is 1. The lowest BCUT2D eigenvalue weighted by Gasteiger charge is -2.15. The van der Waals surface area contributed by atoms with Gasteiger partial charge in [-0.05, 0) is 19.1 Å². The highest BCUT2D eigenvalue weighted by molar-refractivity contribution is 6.32. The summed E-state index contributed by atoms with van der Waals surface area (Å²) in [5.74, 6) is 0.850. The van der Waals surface area contributed by atoms with Crippen LogP contribution in [0.4, 0.5) is 5.69 Å². The van der Waals surface area contributed by atoms with Crippen LogP contribution in [-0.2, 0) is 13.0 Å². The van der Waals surface area contributed by atoms with Gasteiger partial charge in [-0.15, -0.1) is 0 Å². The molecule has 1 atom stereocenters. The first-order valence-corrected chi connectivity index (χ1v) is 6.65. The number of nitrogens with zero attached hydrogens (tertiary/aromatic N) is 2. The van der Waals surface area contributed by atoms with Crippen LogP contribution in [0, 0.1) is 0 Å². The van der Waals surface area contributed by atoms with Gasteiger partial charge in [0, 0.05) is 12.5 Å². The molecule has 0 saturated carbocycles. The summed E-state index contributed by atoms with van der Waals surface area (Å²) < 4.78 is 6.39. The second-order valence-corrected chi connectivity index (χ2v) is 4.83. The fourth-order valence-electron chi connectivity index (χ4n) is 1.87. The molecule has 0 aliphatic heterocycles. The van der Waals surface area contributed by atoms with Gasteiger partial charge in [-0.25, -0.2) is 4.68 Å². The molecule has 0 aliphatic carbocycles. The van der Waals surface area contributed by atoms with Crippen LogP contribution in [0.3, 0.4) is 0 Å². The molecule has 2 rings (SSSR count). The Hall–Kier alpha value is -1.79. The number of hydrogen-bond donors (Lipinski definition) is 2. The van der Waals surface area contributed by atoms with Gasteiger partial charge < -0.3 is 14.8 Å². The molecule has 6 nitrogen and oxygen atoms in total. The molecule has 2 heterocycles. The maximum absolute atomic E-state index is 11.9. The third-order valence-corrected chi connectivity index (χ3v) is 3.15. The predicted molar refractivity (Wildman–Crippen MR) is 76.1 cm³/mol. The largest absolute Gasteiger partial charge is 0.469 e. The first-order chi connectivity index (χ1) is 9.61. The number of furan rings is 1. The zero-order chi connectivity index (χ0) is 14.5. The number of rotatable bonds is 6.